The van der Waals surface area contributed by atoms with E-state index < -0.39 is 0 Å². The molecule has 0 aromatic heterocycles. The van der Waals surface area contributed by atoms with Gasteiger partial charge in [0, 0.05) is 75.5 Å². The zero-order valence-corrected chi connectivity index (χ0v) is 18.6. The van der Waals surface area contributed by atoms with Crippen molar-refractivity contribution in [2.24, 2.45) is 0 Å². The first kappa shape index (κ1) is 19.8. The number of hydrogen-bond acceptors (Lipinski definition) is 4. The molecule has 28 heavy (non-hydrogen) atoms. The van der Waals surface area contributed by atoms with E-state index in [2.05, 4.69) is 33.4 Å². The highest BCUT2D eigenvalue weighted by molar-refractivity contribution is 4.99. The molecule has 3 saturated heterocycles. The van der Waals surface area contributed by atoms with Crippen molar-refractivity contribution in [2.75, 3.05) is 39.3 Å². The summed E-state index contributed by atoms with van der Waals surface area (Å²) in [4.78, 5) is 11.7. The third kappa shape index (κ3) is 3.68. The predicted molar refractivity (Wildman–Crippen MR) is 117 cm³/mol. The van der Waals surface area contributed by atoms with Crippen LogP contribution in [0.2, 0.25) is 0 Å². The molecule has 0 aromatic carbocycles. The lowest BCUT2D eigenvalue weighted by atomic mass is 9.83. The van der Waals surface area contributed by atoms with Crippen LogP contribution >= 0.6 is 0 Å². The molecule has 3 aliphatic heterocycles. The van der Waals surface area contributed by atoms with E-state index in [4.69, 9.17) is 0 Å². The molecule has 160 valence electrons. The van der Waals surface area contributed by atoms with Crippen LogP contribution in [0.5, 0.6) is 0 Å². The van der Waals surface area contributed by atoms with E-state index in [9.17, 15) is 0 Å². The van der Waals surface area contributed by atoms with Crippen LogP contribution in [0.25, 0.3) is 0 Å². The van der Waals surface area contributed by atoms with Crippen molar-refractivity contribution in [3.05, 3.63) is 0 Å². The summed E-state index contributed by atoms with van der Waals surface area (Å²) < 4.78 is 0. The van der Waals surface area contributed by atoms with Gasteiger partial charge >= 0.3 is 0 Å². The lowest BCUT2D eigenvalue weighted by Crippen LogP contribution is -2.65. The SMILES string of the molecule is CC1CCN2CCN(C(C)CCN3CCN1C1CCCCC13)C1CCCCC12. The van der Waals surface area contributed by atoms with Gasteiger partial charge < -0.3 is 0 Å². The molecule has 0 spiro atoms. The average Bonchev–Trinajstić information content (AvgIpc) is 2.74. The smallest absolute Gasteiger partial charge is 0.0254 e. The zero-order chi connectivity index (χ0) is 19.1. The van der Waals surface area contributed by atoms with Crippen LogP contribution in [-0.4, -0.2) is 95.1 Å². The molecular formula is C24H44N4. The van der Waals surface area contributed by atoms with Gasteiger partial charge in [0.15, 0.2) is 0 Å². The van der Waals surface area contributed by atoms with Crippen LogP contribution < -0.4 is 0 Å². The quantitative estimate of drug-likeness (QED) is 0.630. The Hall–Kier alpha value is -0.160. The second-order valence-electron chi connectivity index (χ2n) is 10.7. The minimum Gasteiger partial charge on any atom is -0.297 e. The molecule has 4 bridgehead atoms. The summed E-state index contributed by atoms with van der Waals surface area (Å²) in [6, 6.07) is 4.88. The summed E-state index contributed by atoms with van der Waals surface area (Å²) in [5, 5.41) is 0. The highest BCUT2D eigenvalue weighted by Gasteiger charge is 2.43. The summed E-state index contributed by atoms with van der Waals surface area (Å²) >= 11 is 0. The van der Waals surface area contributed by atoms with E-state index in [1.807, 2.05) is 0 Å². The highest BCUT2D eigenvalue weighted by atomic mass is 15.3. The Morgan fingerprint density at radius 1 is 0.429 bits per heavy atom. The Morgan fingerprint density at radius 3 is 1.25 bits per heavy atom. The minimum absolute atomic E-state index is 0.759. The summed E-state index contributed by atoms with van der Waals surface area (Å²) in [7, 11) is 0. The molecule has 4 heteroatoms. The van der Waals surface area contributed by atoms with Crippen molar-refractivity contribution >= 4 is 0 Å². The van der Waals surface area contributed by atoms with Crippen LogP contribution in [0.1, 0.15) is 78.1 Å². The molecule has 0 aromatic rings. The van der Waals surface area contributed by atoms with Crippen molar-refractivity contribution in [3.8, 4) is 0 Å². The fourth-order valence-electron chi connectivity index (χ4n) is 7.65. The van der Waals surface area contributed by atoms with Gasteiger partial charge in [-0.25, -0.2) is 0 Å². The number of piperazine rings is 2. The summed E-state index contributed by atoms with van der Waals surface area (Å²) in [6.07, 6.45) is 14.4. The molecule has 2 saturated carbocycles. The Bertz CT molecular complexity index is 479. The predicted octanol–water partition coefficient (Wildman–Crippen LogP) is 3.41. The van der Waals surface area contributed by atoms with Crippen LogP contribution in [0, 0.1) is 0 Å². The van der Waals surface area contributed by atoms with Crippen molar-refractivity contribution in [2.45, 2.75) is 114 Å². The van der Waals surface area contributed by atoms with Crippen LogP contribution in [0.15, 0.2) is 0 Å². The number of nitrogens with zero attached hydrogens (tertiary/aromatic N) is 4. The maximum Gasteiger partial charge on any atom is 0.0254 e. The molecule has 2 aliphatic carbocycles. The van der Waals surface area contributed by atoms with E-state index in [1.54, 1.807) is 0 Å². The van der Waals surface area contributed by atoms with Gasteiger partial charge in [0.2, 0.25) is 0 Å². The fourth-order valence-corrected chi connectivity index (χ4v) is 7.65. The molecule has 5 aliphatic rings. The molecule has 5 rings (SSSR count). The first-order valence-electron chi connectivity index (χ1n) is 12.7. The van der Waals surface area contributed by atoms with E-state index >= 15 is 0 Å². The maximum absolute atomic E-state index is 2.95. The van der Waals surface area contributed by atoms with Gasteiger partial charge in [0.25, 0.3) is 0 Å². The van der Waals surface area contributed by atoms with Gasteiger partial charge in [0.05, 0.1) is 0 Å². The van der Waals surface area contributed by atoms with Crippen molar-refractivity contribution in [3.63, 3.8) is 0 Å². The van der Waals surface area contributed by atoms with Gasteiger partial charge in [-0.15, -0.1) is 0 Å². The van der Waals surface area contributed by atoms with Crippen LogP contribution in [0.3, 0.4) is 0 Å². The Kier molecular flexibility index (Phi) is 6.03. The number of fused-ring (bicyclic) bond motifs is 12. The molecule has 4 nitrogen and oxygen atoms in total. The largest absolute Gasteiger partial charge is 0.297 e. The topological polar surface area (TPSA) is 13.0 Å². The minimum atomic E-state index is 0.759. The average molecular weight is 389 g/mol. The summed E-state index contributed by atoms with van der Waals surface area (Å²) in [5.74, 6) is 0. The maximum atomic E-state index is 2.95. The summed E-state index contributed by atoms with van der Waals surface area (Å²) in [5.41, 5.74) is 0. The van der Waals surface area contributed by atoms with Gasteiger partial charge in [-0.05, 0) is 52.4 Å². The molecule has 10 unspecified atom stereocenters. The van der Waals surface area contributed by atoms with Crippen molar-refractivity contribution < 1.29 is 0 Å². The molecule has 3 heterocycles. The lowest BCUT2D eigenvalue weighted by molar-refractivity contribution is -0.0562. The Labute approximate surface area is 173 Å². The normalized spacial score (nSPS) is 52.5. The zero-order valence-electron chi connectivity index (χ0n) is 18.6. The standard InChI is InChI=1S/C24H44N4/c1-19-11-13-25-16-18-28(24-10-6-4-8-22(24)25)20(2)12-14-26-15-17-27(19)23-9-5-3-7-21(23)26/h19-24H,3-18H2,1-2H3. The van der Waals surface area contributed by atoms with Gasteiger partial charge in [-0.1, -0.05) is 25.7 Å². The lowest BCUT2D eigenvalue weighted by Gasteiger charge is -2.55. The van der Waals surface area contributed by atoms with Crippen molar-refractivity contribution in [1.82, 2.24) is 19.6 Å². The van der Waals surface area contributed by atoms with Crippen LogP contribution in [0.4, 0.5) is 0 Å². The second kappa shape index (κ2) is 8.53. The monoisotopic (exact) mass is 388 g/mol. The number of hydrogen-bond donors (Lipinski definition) is 0. The first-order valence-corrected chi connectivity index (χ1v) is 12.7. The number of rotatable bonds is 0. The summed E-state index contributed by atoms with van der Waals surface area (Å²) in [6.45, 7) is 13.0. The Morgan fingerprint density at radius 2 is 0.821 bits per heavy atom. The van der Waals surface area contributed by atoms with E-state index in [0.717, 1.165) is 36.3 Å². The van der Waals surface area contributed by atoms with Gasteiger partial charge in [0.1, 0.15) is 0 Å². The van der Waals surface area contributed by atoms with E-state index in [-0.39, 0.29) is 0 Å². The first-order chi connectivity index (χ1) is 13.7. The molecule has 5 fully saturated rings. The van der Waals surface area contributed by atoms with Crippen LogP contribution in [-0.2, 0) is 0 Å². The molecule has 0 N–H and O–H groups in total. The highest BCUT2D eigenvalue weighted by Crippen LogP contribution is 2.35. The third-order valence-corrected chi connectivity index (χ3v) is 9.27. The molecule has 0 amide bonds. The molecule has 10 atom stereocenters. The Balaban J connectivity index is 1.39. The van der Waals surface area contributed by atoms with Crippen molar-refractivity contribution in [1.29, 1.82) is 0 Å². The second-order valence-corrected chi connectivity index (χ2v) is 10.7. The van der Waals surface area contributed by atoms with E-state index in [0.29, 0.717) is 0 Å². The fraction of sp³-hybridized carbons (Fsp3) is 1.00. The van der Waals surface area contributed by atoms with Gasteiger partial charge in [-0.2, -0.15) is 0 Å². The van der Waals surface area contributed by atoms with E-state index in [1.165, 1.54) is 103 Å². The molecule has 0 radical (unpaired) electrons. The third-order valence-electron chi connectivity index (χ3n) is 9.27. The molecular weight excluding hydrogens is 344 g/mol. The van der Waals surface area contributed by atoms with Gasteiger partial charge in [-0.3, -0.25) is 19.6 Å².